The van der Waals surface area contributed by atoms with Crippen LogP contribution in [0.1, 0.15) is 5.56 Å². The number of nitrogen functional groups attached to an aromatic ring is 1. The lowest BCUT2D eigenvalue weighted by Gasteiger charge is -2.07. The molecule has 17 heavy (non-hydrogen) atoms. The maximum atomic E-state index is 5.82. The fourth-order valence-electron chi connectivity index (χ4n) is 1.43. The Morgan fingerprint density at radius 3 is 2.65 bits per heavy atom. The first kappa shape index (κ1) is 11.7. The summed E-state index contributed by atoms with van der Waals surface area (Å²) in [7, 11) is 0. The molecule has 0 radical (unpaired) electrons. The molecule has 0 bridgehead atoms. The molecule has 0 unspecified atom stereocenters. The number of nitrogens with two attached hydrogens (primary N) is 1. The Kier molecular flexibility index (Phi) is 3.80. The molecule has 0 saturated heterocycles. The SMILES string of the molecule is NNc1cc(NCc2ccc(Cl)cc2)ccn1. The van der Waals surface area contributed by atoms with Crippen molar-refractivity contribution in [3.63, 3.8) is 0 Å². The lowest BCUT2D eigenvalue weighted by molar-refractivity contribution is 1.14. The van der Waals surface area contributed by atoms with Gasteiger partial charge in [0, 0.05) is 29.5 Å². The van der Waals surface area contributed by atoms with Crippen molar-refractivity contribution in [3.8, 4) is 0 Å². The Morgan fingerprint density at radius 2 is 1.94 bits per heavy atom. The fraction of sp³-hybridized carbons (Fsp3) is 0.0833. The van der Waals surface area contributed by atoms with Gasteiger partial charge in [-0.15, -0.1) is 0 Å². The highest BCUT2D eigenvalue weighted by Gasteiger charge is 1.96. The molecule has 88 valence electrons. The molecule has 0 spiro atoms. The number of pyridine rings is 1. The molecule has 1 aromatic carbocycles. The van der Waals surface area contributed by atoms with Crippen LogP contribution in [-0.4, -0.2) is 4.98 Å². The first-order valence-electron chi connectivity index (χ1n) is 5.19. The largest absolute Gasteiger partial charge is 0.381 e. The molecule has 0 fully saturated rings. The van der Waals surface area contributed by atoms with Gasteiger partial charge in [-0.3, -0.25) is 0 Å². The average molecular weight is 249 g/mol. The van der Waals surface area contributed by atoms with Crippen LogP contribution >= 0.6 is 11.6 Å². The Morgan fingerprint density at radius 1 is 1.18 bits per heavy atom. The van der Waals surface area contributed by atoms with Gasteiger partial charge in [0.05, 0.1) is 0 Å². The molecule has 4 N–H and O–H groups in total. The second-order valence-corrected chi connectivity index (χ2v) is 3.99. The van der Waals surface area contributed by atoms with Crippen molar-refractivity contribution in [2.75, 3.05) is 10.7 Å². The second kappa shape index (κ2) is 5.52. The van der Waals surface area contributed by atoms with E-state index >= 15 is 0 Å². The highest BCUT2D eigenvalue weighted by Crippen LogP contribution is 2.14. The van der Waals surface area contributed by atoms with E-state index in [4.69, 9.17) is 17.4 Å². The van der Waals surface area contributed by atoms with Gasteiger partial charge in [0.25, 0.3) is 0 Å². The number of hydrogen-bond donors (Lipinski definition) is 3. The molecule has 5 heteroatoms. The molecule has 0 saturated carbocycles. The van der Waals surface area contributed by atoms with Crippen molar-refractivity contribution in [1.29, 1.82) is 0 Å². The van der Waals surface area contributed by atoms with Gasteiger partial charge in [-0.25, -0.2) is 10.8 Å². The zero-order valence-electron chi connectivity index (χ0n) is 9.15. The van der Waals surface area contributed by atoms with Crippen molar-refractivity contribution in [3.05, 3.63) is 53.2 Å². The third-order valence-electron chi connectivity index (χ3n) is 2.32. The molecule has 0 atom stereocenters. The van der Waals surface area contributed by atoms with E-state index in [1.165, 1.54) is 0 Å². The van der Waals surface area contributed by atoms with Crippen molar-refractivity contribution >= 4 is 23.1 Å². The molecule has 2 aromatic rings. The number of hydrazine groups is 1. The summed E-state index contributed by atoms with van der Waals surface area (Å²) in [5, 5.41) is 4.02. The van der Waals surface area contributed by atoms with Crippen LogP contribution < -0.4 is 16.6 Å². The van der Waals surface area contributed by atoms with Crippen molar-refractivity contribution < 1.29 is 0 Å². The fourth-order valence-corrected chi connectivity index (χ4v) is 1.55. The van der Waals surface area contributed by atoms with E-state index in [-0.39, 0.29) is 0 Å². The van der Waals surface area contributed by atoms with Gasteiger partial charge >= 0.3 is 0 Å². The predicted octanol–water partition coefficient (Wildman–Crippen LogP) is 2.63. The van der Waals surface area contributed by atoms with E-state index < -0.39 is 0 Å². The number of benzene rings is 1. The summed E-state index contributed by atoms with van der Waals surface area (Å²) in [5.74, 6) is 5.92. The van der Waals surface area contributed by atoms with E-state index in [0.29, 0.717) is 5.82 Å². The number of aromatic nitrogens is 1. The van der Waals surface area contributed by atoms with Crippen LogP contribution in [0.3, 0.4) is 0 Å². The van der Waals surface area contributed by atoms with Crippen molar-refractivity contribution in [2.24, 2.45) is 5.84 Å². The topological polar surface area (TPSA) is 63.0 Å². The third-order valence-corrected chi connectivity index (χ3v) is 2.57. The summed E-state index contributed by atoms with van der Waals surface area (Å²) in [5.41, 5.74) is 4.63. The maximum absolute atomic E-state index is 5.82. The Hall–Kier alpha value is -1.78. The first-order chi connectivity index (χ1) is 8.28. The lowest BCUT2D eigenvalue weighted by Crippen LogP contribution is -2.09. The van der Waals surface area contributed by atoms with Gasteiger partial charge in [0.15, 0.2) is 0 Å². The molecule has 0 aliphatic heterocycles. The summed E-state index contributed by atoms with van der Waals surface area (Å²) in [6.45, 7) is 0.727. The number of nitrogens with one attached hydrogen (secondary N) is 2. The van der Waals surface area contributed by atoms with Crippen LogP contribution in [0.4, 0.5) is 11.5 Å². The minimum absolute atomic E-state index is 0.631. The highest BCUT2D eigenvalue weighted by molar-refractivity contribution is 6.30. The first-order valence-corrected chi connectivity index (χ1v) is 5.57. The molecule has 0 amide bonds. The summed E-state index contributed by atoms with van der Waals surface area (Å²) in [4.78, 5) is 4.03. The second-order valence-electron chi connectivity index (χ2n) is 3.55. The predicted molar refractivity (Wildman–Crippen MR) is 70.8 cm³/mol. The van der Waals surface area contributed by atoms with E-state index in [9.17, 15) is 0 Å². The number of nitrogens with zero attached hydrogens (tertiary/aromatic N) is 1. The van der Waals surface area contributed by atoms with Crippen molar-refractivity contribution in [1.82, 2.24) is 4.98 Å². The highest BCUT2D eigenvalue weighted by atomic mass is 35.5. The molecular formula is C12H13ClN4. The number of hydrogen-bond acceptors (Lipinski definition) is 4. The van der Waals surface area contributed by atoms with Gasteiger partial charge in [0.2, 0.25) is 0 Å². The Bertz CT molecular complexity index is 484. The normalized spacial score (nSPS) is 10.0. The van der Waals surface area contributed by atoms with Crippen LogP contribution in [0.25, 0.3) is 0 Å². The summed E-state index contributed by atoms with van der Waals surface area (Å²) >= 11 is 5.82. The molecular weight excluding hydrogens is 236 g/mol. The lowest BCUT2D eigenvalue weighted by atomic mass is 10.2. The average Bonchev–Trinajstić information content (AvgIpc) is 2.38. The van der Waals surface area contributed by atoms with E-state index in [2.05, 4.69) is 15.7 Å². The minimum atomic E-state index is 0.631. The molecule has 2 rings (SSSR count). The van der Waals surface area contributed by atoms with Gasteiger partial charge in [0.1, 0.15) is 5.82 Å². The van der Waals surface area contributed by atoms with Gasteiger partial charge in [-0.05, 0) is 23.8 Å². The summed E-state index contributed by atoms with van der Waals surface area (Å²) in [6, 6.07) is 11.4. The Labute approximate surface area is 105 Å². The zero-order chi connectivity index (χ0) is 12.1. The number of rotatable bonds is 4. The standard InChI is InChI=1S/C12H13ClN4/c13-10-3-1-9(2-4-10)8-16-11-5-6-15-12(7-11)17-14/h1-7H,8,14H2,(H2,15,16,17). The molecule has 0 aliphatic rings. The quantitative estimate of drug-likeness (QED) is 0.575. The van der Waals surface area contributed by atoms with Gasteiger partial charge < -0.3 is 10.7 Å². The Balaban J connectivity index is 1.99. The van der Waals surface area contributed by atoms with Crippen molar-refractivity contribution in [2.45, 2.75) is 6.54 Å². The molecule has 1 aromatic heterocycles. The van der Waals surface area contributed by atoms with Gasteiger partial charge in [-0.2, -0.15) is 0 Å². The van der Waals surface area contributed by atoms with Gasteiger partial charge in [-0.1, -0.05) is 23.7 Å². The van der Waals surface area contributed by atoms with Crippen LogP contribution in [0.2, 0.25) is 5.02 Å². The zero-order valence-corrected chi connectivity index (χ0v) is 9.91. The van der Waals surface area contributed by atoms with Crippen LogP contribution in [0.15, 0.2) is 42.6 Å². The third kappa shape index (κ3) is 3.34. The van der Waals surface area contributed by atoms with E-state index in [1.54, 1.807) is 6.20 Å². The number of halogens is 1. The molecule has 1 heterocycles. The maximum Gasteiger partial charge on any atom is 0.141 e. The van der Waals surface area contributed by atoms with Crippen LogP contribution in [-0.2, 0) is 6.54 Å². The monoisotopic (exact) mass is 248 g/mol. The smallest absolute Gasteiger partial charge is 0.141 e. The summed E-state index contributed by atoms with van der Waals surface area (Å²) < 4.78 is 0. The number of anilines is 2. The van der Waals surface area contributed by atoms with E-state index in [1.807, 2.05) is 36.4 Å². The van der Waals surface area contributed by atoms with Crippen LogP contribution in [0, 0.1) is 0 Å². The summed E-state index contributed by atoms with van der Waals surface area (Å²) in [6.07, 6.45) is 1.69. The van der Waals surface area contributed by atoms with E-state index in [0.717, 1.165) is 22.8 Å². The minimum Gasteiger partial charge on any atom is -0.381 e. The molecule has 4 nitrogen and oxygen atoms in total. The molecule has 0 aliphatic carbocycles. The van der Waals surface area contributed by atoms with Crippen LogP contribution in [0.5, 0.6) is 0 Å².